The normalized spacial score (nSPS) is 18.7. The molecule has 11 heteroatoms. The fourth-order valence-corrected chi connectivity index (χ4v) is 10.5. The number of aliphatic hydroxyl groups excluding tert-OH is 5. The fraction of sp³-hybridized carbons (Fsp3) is 0.909. The van der Waals surface area contributed by atoms with Crippen LogP contribution in [0.1, 0.15) is 322 Å². The molecular weight excluding hydrogens is 967 g/mol. The van der Waals surface area contributed by atoms with Crippen molar-refractivity contribution in [2.24, 2.45) is 0 Å². The number of carbonyl (C=O) groups excluding carboxylic acids is 2. The van der Waals surface area contributed by atoms with E-state index in [-0.39, 0.29) is 18.5 Å². The van der Waals surface area contributed by atoms with Crippen molar-refractivity contribution in [1.82, 2.24) is 5.32 Å². The lowest BCUT2D eigenvalue weighted by atomic mass is 9.99. The zero-order valence-electron chi connectivity index (χ0n) is 50.2. The number of amides is 1. The highest BCUT2D eigenvalue weighted by Crippen LogP contribution is 2.23. The van der Waals surface area contributed by atoms with Gasteiger partial charge in [-0.1, -0.05) is 276 Å². The molecule has 1 aliphatic rings. The first kappa shape index (κ1) is 73.2. The van der Waals surface area contributed by atoms with Gasteiger partial charge >= 0.3 is 5.97 Å². The Hall–Kier alpha value is -1.86. The van der Waals surface area contributed by atoms with Crippen LogP contribution in [0.2, 0.25) is 0 Å². The van der Waals surface area contributed by atoms with Crippen molar-refractivity contribution in [3.8, 4) is 0 Å². The molecule has 454 valence electrons. The zero-order chi connectivity index (χ0) is 55.9. The molecule has 0 aromatic heterocycles. The summed E-state index contributed by atoms with van der Waals surface area (Å²) < 4.78 is 16.7. The van der Waals surface area contributed by atoms with Gasteiger partial charge in [-0.3, -0.25) is 9.59 Å². The molecule has 7 atom stereocenters. The van der Waals surface area contributed by atoms with Crippen molar-refractivity contribution in [3.63, 3.8) is 0 Å². The number of nitrogens with one attached hydrogen (secondary N) is 1. The molecule has 0 saturated carbocycles. The van der Waals surface area contributed by atoms with Crippen LogP contribution >= 0.6 is 0 Å². The van der Waals surface area contributed by atoms with E-state index in [9.17, 15) is 35.1 Å². The number of unbranched alkanes of at least 4 members (excludes halogenated alkanes) is 42. The minimum atomic E-state index is -1.57. The molecule has 0 bridgehead atoms. The van der Waals surface area contributed by atoms with E-state index in [2.05, 4.69) is 31.3 Å². The Balaban J connectivity index is 1.96. The average molecular weight is 1090 g/mol. The van der Waals surface area contributed by atoms with E-state index in [1.54, 1.807) is 6.08 Å². The first-order chi connectivity index (χ1) is 37.7. The first-order valence-electron chi connectivity index (χ1n) is 33.1. The monoisotopic (exact) mass is 1090 g/mol. The van der Waals surface area contributed by atoms with Gasteiger partial charge in [0, 0.05) is 12.8 Å². The number of aliphatic hydroxyl groups is 5. The minimum absolute atomic E-state index is 0.00400. The van der Waals surface area contributed by atoms with Gasteiger partial charge in [0.25, 0.3) is 0 Å². The van der Waals surface area contributed by atoms with E-state index in [1.165, 1.54) is 225 Å². The van der Waals surface area contributed by atoms with Crippen LogP contribution in [0.4, 0.5) is 0 Å². The Morgan fingerprint density at radius 2 is 0.831 bits per heavy atom. The summed E-state index contributed by atoms with van der Waals surface area (Å²) in [6.45, 7) is 4.33. The topological polar surface area (TPSA) is 175 Å². The zero-order valence-corrected chi connectivity index (χ0v) is 50.2. The molecule has 0 aromatic rings. The predicted molar refractivity (Wildman–Crippen MR) is 320 cm³/mol. The lowest BCUT2D eigenvalue weighted by molar-refractivity contribution is -0.302. The van der Waals surface area contributed by atoms with E-state index >= 15 is 0 Å². The molecule has 0 spiro atoms. The van der Waals surface area contributed by atoms with Gasteiger partial charge < -0.3 is 45.1 Å². The minimum Gasteiger partial charge on any atom is -0.466 e. The van der Waals surface area contributed by atoms with Gasteiger partial charge in [-0.15, -0.1) is 0 Å². The van der Waals surface area contributed by atoms with Gasteiger partial charge in [0.15, 0.2) is 6.29 Å². The maximum Gasteiger partial charge on any atom is 0.305 e. The van der Waals surface area contributed by atoms with Crippen molar-refractivity contribution in [1.29, 1.82) is 0 Å². The molecule has 0 radical (unpaired) electrons. The van der Waals surface area contributed by atoms with Crippen LogP contribution in [-0.4, -0.2) is 100 Å². The van der Waals surface area contributed by atoms with Gasteiger partial charge in [0.2, 0.25) is 5.91 Å². The maximum absolute atomic E-state index is 13.0. The number of hydrogen-bond donors (Lipinski definition) is 6. The molecular formula is C66H125NO10. The van der Waals surface area contributed by atoms with Crippen molar-refractivity contribution in [2.45, 2.75) is 365 Å². The molecule has 1 aliphatic heterocycles. The summed E-state index contributed by atoms with van der Waals surface area (Å²) in [5, 5.41) is 54.2. The van der Waals surface area contributed by atoms with Crippen LogP contribution in [0.3, 0.4) is 0 Å². The van der Waals surface area contributed by atoms with Gasteiger partial charge in [-0.05, 0) is 57.8 Å². The molecule has 6 N–H and O–H groups in total. The lowest BCUT2D eigenvalue weighted by Gasteiger charge is -2.40. The van der Waals surface area contributed by atoms with E-state index in [0.717, 1.165) is 70.6 Å². The molecule has 1 heterocycles. The largest absolute Gasteiger partial charge is 0.466 e. The van der Waals surface area contributed by atoms with E-state index in [4.69, 9.17) is 14.2 Å². The van der Waals surface area contributed by atoms with E-state index in [1.807, 2.05) is 6.08 Å². The number of esters is 1. The third-order valence-corrected chi connectivity index (χ3v) is 15.8. The smallest absolute Gasteiger partial charge is 0.305 e. The summed E-state index contributed by atoms with van der Waals surface area (Å²) in [5.74, 6) is -0.185. The van der Waals surface area contributed by atoms with E-state index in [0.29, 0.717) is 19.4 Å². The van der Waals surface area contributed by atoms with Crippen LogP contribution in [0.15, 0.2) is 24.3 Å². The molecule has 1 saturated heterocycles. The summed E-state index contributed by atoms with van der Waals surface area (Å²) in [6, 6.07) is -0.813. The first-order valence-corrected chi connectivity index (χ1v) is 33.1. The second-order valence-electron chi connectivity index (χ2n) is 23.2. The third kappa shape index (κ3) is 45.4. The maximum atomic E-state index is 13.0. The molecule has 0 aromatic carbocycles. The lowest BCUT2D eigenvalue weighted by Crippen LogP contribution is -2.60. The van der Waals surface area contributed by atoms with Crippen LogP contribution in [0.5, 0.6) is 0 Å². The number of carbonyl (C=O) groups is 2. The summed E-state index contributed by atoms with van der Waals surface area (Å²) in [7, 11) is 0. The SMILES string of the molecule is CCCCCCCCC/C=C/C(O)C(COC1OC(CO)C(O)C(O)C1O)NC(=O)CCCCCCCCC/C=C\CCCCCCCCCCCCCCOC(=O)CCCCCCCCCCCCCCCCCCC. The second-order valence-corrected chi connectivity index (χ2v) is 23.2. The summed E-state index contributed by atoms with van der Waals surface area (Å²) in [6.07, 6.45) is 58.8. The Kier molecular flexibility index (Phi) is 53.2. The van der Waals surface area contributed by atoms with Crippen molar-refractivity contribution in [2.75, 3.05) is 19.8 Å². The summed E-state index contributed by atoms with van der Waals surface area (Å²) in [5.41, 5.74) is 0. The van der Waals surface area contributed by atoms with Gasteiger partial charge in [0.1, 0.15) is 24.4 Å². The number of rotatable bonds is 58. The van der Waals surface area contributed by atoms with Crippen molar-refractivity contribution >= 4 is 11.9 Å². The summed E-state index contributed by atoms with van der Waals surface area (Å²) >= 11 is 0. The van der Waals surface area contributed by atoms with Crippen molar-refractivity contribution < 1.29 is 49.3 Å². The Morgan fingerprint density at radius 1 is 0.468 bits per heavy atom. The quantitative estimate of drug-likeness (QED) is 0.0195. The Bertz CT molecular complexity index is 1330. The van der Waals surface area contributed by atoms with Crippen LogP contribution < -0.4 is 5.32 Å². The third-order valence-electron chi connectivity index (χ3n) is 15.8. The molecule has 1 amide bonds. The fourth-order valence-electron chi connectivity index (χ4n) is 10.5. The predicted octanol–water partition coefficient (Wildman–Crippen LogP) is 16.1. The van der Waals surface area contributed by atoms with Gasteiger partial charge in [-0.25, -0.2) is 0 Å². The number of allylic oxidation sites excluding steroid dienone is 3. The molecule has 1 fully saturated rings. The molecule has 0 aliphatic carbocycles. The number of hydrogen-bond acceptors (Lipinski definition) is 10. The summed E-state index contributed by atoms with van der Waals surface area (Å²) in [4.78, 5) is 25.1. The van der Waals surface area contributed by atoms with Crippen LogP contribution in [-0.2, 0) is 23.8 Å². The highest BCUT2D eigenvalue weighted by molar-refractivity contribution is 5.76. The highest BCUT2D eigenvalue weighted by atomic mass is 16.7. The van der Waals surface area contributed by atoms with Crippen LogP contribution in [0, 0.1) is 0 Å². The van der Waals surface area contributed by atoms with Crippen LogP contribution in [0.25, 0.3) is 0 Å². The Morgan fingerprint density at radius 3 is 1.25 bits per heavy atom. The highest BCUT2D eigenvalue weighted by Gasteiger charge is 2.44. The van der Waals surface area contributed by atoms with Crippen molar-refractivity contribution in [3.05, 3.63) is 24.3 Å². The van der Waals surface area contributed by atoms with E-state index < -0.39 is 49.5 Å². The standard InChI is InChI=1S/C66H125NO10/c1-3-5-7-9-11-13-14-15-16-24-28-31-34-38-42-46-50-54-62(71)75-55-51-47-43-39-35-32-29-26-23-21-19-17-18-20-22-25-27-30-33-37-41-45-49-53-61(70)67-58(59(69)52-48-44-40-36-12-10-8-6-4-2)57-76-66-65(74)64(73)63(72)60(56-68)77-66/h20,22,48,52,58-60,63-66,68-69,72-74H,3-19,21,23-47,49-51,53-57H2,1-2H3,(H,67,70)/b22-20-,52-48+. The average Bonchev–Trinajstić information content (AvgIpc) is 3.43. The molecule has 11 nitrogen and oxygen atoms in total. The number of ether oxygens (including phenoxy) is 3. The van der Waals surface area contributed by atoms with Gasteiger partial charge in [0.05, 0.1) is 32.0 Å². The Labute approximate surface area is 473 Å². The molecule has 1 rings (SSSR count). The molecule has 7 unspecified atom stereocenters. The van der Waals surface area contributed by atoms with Gasteiger partial charge in [-0.2, -0.15) is 0 Å². The second kappa shape index (κ2) is 56.0. The molecule has 77 heavy (non-hydrogen) atoms.